The number of ether oxygens (including phenoxy) is 2. The summed E-state index contributed by atoms with van der Waals surface area (Å²) in [7, 11) is 3.23. The molecule has 1 aromatic rings. The number of amides is 1. The second-order valence-electron chi connectivity index (χ2n) is 6.92. The second kappa shape index (κ2) is 6.81. The van der Waals surface area contributed by atoms with E-state index in [1.165, 1.54) is 12.8 Å². The number of benzene rings is 1. The molecular formula is C19H27NO3. The van der Waals surface area contributed by atoms with Crippen LogP contribution < -0.4 is 9.47 Å². The Labute approximate surface area is 138 Å². The van der Waals surface area contributed by atoms with Gasteiger partial charge in [-0.2, -0.15) is 0 Å². The largest absolute Gasteiger partial charge is 0.497 e. The summed E-state index contributed by atoms with van der Waals surface area (Å²) in [4.78, 5) is 15.3. The molecule has 4 nitrogen and oxygen atoms in total. The van der Waals surface area contributed by atoms with E-state index in [-0.39, 0.29) is 5.91 Å². The number of hydrogen-bond acceptors (Lipinski definition) is 3. The number of methoxy groups -OCH3 is 2. The van der Waals surface area contributed by atoms with Crippen molar-refractivity contribution in [2.45, 2.75) is 57.5 Å². The first-order chi connectivity index (χ1) is 11.1. The van der Waals surface area contributed by atoms with Crippen LogP contribution in [0.5, 0.6) is 11.5 Å². The quantitative estimate of drug-likeness (QED) is 0.827. The van der Waals surface area contributed by atoms with Gasteiger partial charge in [-0.1, -0.05) is 6.92 Å². The van der Waals surface area contributed by atoms with Gasteiger partial charge in [-0.05, 0) is 56.6 Å². The molecular weight excluding hydrogens is 290 g/mol. The second-order valence-corrected chi connectivity index (χ2v) is 6.92. The molecule has 0 unspecified atom stereocenters. The predicted molar refractivity (Wildman–Crippen MR) is 90.2 cm³/mol. The topological polar surface area (TPSA) is 38.8 Å². The van der Waals surface area contributed by atoms with Crippen molar-refractivity contribution in [3.8, 4) is 11.5 Å². The molecule has 0 radical (unpaired) electrons. The molecule has 1 aromatic carbocycles. The van der Waals surface area contributed by atoms with Gasteiger partial charge >= 0.3 is 0 Å². The number of carbonyl (C=O) groups is 1. The monoisotopic (exact) mass is 317 g/mol. The summed E-state index contributed by atoms with van der Waals surface area (Å²) in [5.41, 5.74) is 0.652. The lowest BCUT2D eigenvalue weighted by Gasteiger charge is -2.36. The van der Waals surface area contributed by atoms with E-state index in [4.69, 9.17) is 9.47 Å². The molecule has 0 spiro atoms. The highest BCUT2D eigenvalue weighted by Crippen LogP contribution is 2.37. The van der Waals surface area contributed by atoms with Crippen LogP contribution in [0.15, 0.2) is 18.2 Å². The van der Waals surface area contributed by atoms with E-state index in [1.807, 2.05) is 12.1 Å². The van der Waals surface area contributed by atoms with Gasteiger partial charge in [0.1, 0.15) is 11.5 Å². The Morgan fingerprint density at radius 2 is 1.61 bits per heavy atom. The SMILES string of the molecule is COc1ccc(C(=O)N(C2CCC(C)CC2)C2CC2)c(OC)c1. The van der Waals surface area contributed by atoms with Crippen molar-refractivity contribution in [2.75, 3.05) is 14.2 Å². The van der Waals surface area contributed by atoms with Crippen LogP contribution in [0.2, 0.25) is 0 Å². The molecule has 23 heavy (non-hydrogen) atoms. The normalized spacial score (nSPS) is 24.1. The minimum absolute atomic E-state index is 0.117. The summed E-state index contributed by atoms with van der Waals surface area (Å²) in [6.45, 7) is 2.31. The van der Waals surface area contributed by atoms with E-state index in [9.17, 15) is 4.79 Å². The zero-order valence-corrected chi connectivity index (χ0v) is 14.4. The van der Waals surface area contributed by atoms with Gasteiger partial charge in [0.15, 0.2) is 0 Å². The maximum absolute atomic E-state index is 13.2. The molecule has 2 fully saturated rings. The van der Waals surface area contributed by atoms with Crippen LogP contribution in [-0.4, -0.2) is 37.1 Å². The van der Waals surface area contributed by atoms with Gasteiger partial charge in [0, 0.05) is 18.2 Å². The van der Waals surface area contributed by atoms with Crippen molar-refractivity contribution in [2.24, 2.45) is 5.92 Å². The standard InChI is InChI=1S/C19H27NO3/c1-13-4-6-14(7-5-13)20(15-8-9-15)19(21)17-11-10-16(22-2)12-18(17)23-3/h10-15H,4-9H2,1-3H3. The zero-order valence-electron chi connectivity index (χ0n) is 14.4. The molecule has 2 aliphatic carbocycles. The van der Waals surface area contributed by atoms with Gasteiger partial charge in [0.25, 0.3) is 5.91 Å². The van der Waals surface area contributed by atoms with Crippen molar-refractivity contribution < 1.29 is 14.3 Å². The Hall–Kier alpha value is -1.71. The average Bonchev–Trinajstić information content (AvgIpc) is 3.41. The van der Waals surface area contributed by atoms with Crippen molar-refractivity contribution in [3.05, 3.63) is 23.8 Å². The number of hydrogen-bond donors (Lipinski definition) is 0. The van der Waals surface area contributed by atoms with Gasteiger partial charge < -0.3 is 14.4 Å². The highest BCUT2D eigenvalue weighted by Gasteiger charge is 2.39. The highest BCUT2D eigenvalue weighted by atomic mass is 16.5. The molecule has 0 bridgehead atoms. The first kappa shape index (κ1) is 16.2. The maximum Gasteiger partial charge on any atom is 0.258 e. The van der Waals surface area contributed by atoms with Crippen molar-refractivity contribution >= 4 is 5.91 Å². The van der Waals surface area contributed by atoms with E-state index in [0.29, 0.717) is 29.1 Å². The van der Waals surface area contributed by atoms with E-state index in [2.05, 4.69) is 11.8 Å². The van der Waals surface area contributed by atoms with Crippen molar-refractivity contribution in [1.82, 2.24) is 4.90 Å². The molecule has 0 heterocycles. The van der Waals surface area contributed by atoms with E-state index < -0.39 is 0 Å². The lowest BCUT2D eigenvalue weighted by atomic mass is 9.86. The fourth-order valence-electron chi connectivity index (χ4n) is 3.62. The third-order valence-electron chi connectivity index (χ3n) is 5.19. The van der Waals surface area contributed by atoms with Gasteiger partial charge in [0.2, 0.25) is 0 Å². The number of carbonyl (C=O) groups excluding carboxylic acids is 1. The van der Waals surface area contributed by atoms with Crippen LogP contribution in [0.1, 0.15) is 55.8 Å². The Balaban J connectivity index is 1.84. The fourth-order valence-corrected chi connectivity index (χ4v) is 3.62. The van der Waals surface area contributed by atoms with Crippen LogP contribution in [0.4, 0.5) is 0 Å². The minimum Gasteiger partial charge on any atom is -0.497 e. The first-order valence-corrected chi connectivity index (χ1v) is 8.68. The molecule has 0 aliphatic heterocycles. The van der Waals surface area contributed by atoms with Gasteiger partial charge in [-0.15, -0.1) is 0 Å². The summed E-state index contributed by atoms with van der Waals surface area (Å²) < 4.78 is 10.7. The lowest BCUT2D eigenvalue weighted by Crippen LogP contribution is -2.43. The van der Waals surface area contributed by atoms with Gasteiger partial charge in [-0.3, -0.25) is 4.79 Å². The van der Waals surface area contributed by atoms with E-state index >= 15 is 0 Å². The molecule has 0 aromatic heterocycles. The lowest BCUT2D eigenvalue weighted by molar-refractivity contribution is 0.0589. The molecule has 0 saturated heterocycles. The van der Waals surface area contributed by atoms with Crippen LogP contribution in [0.3, 0.4) is 0 Å². The smallest absolute Gasteiger partial charge is 0.258 e. The highest BCUT2D eigenvalue weighted by molar-refractivity contribution is 5.97. The molecule has 0 N–H and O–H groups in total. The predicted octanol–water partition coefficient (Wildman–Crippen LogP) is 3.89. The molecule has 4 heteroatoms. The van der Waals surface area contributed by atoms with E-state index in [0.717, 1.165) is 31.6 Å². The van der Waals surface area contributed by atoms with Crippen LogP contribution in [-0.2, 0) is 0 Å². The van der Waals surface area contributed by atoms with Crippen LogP contribution in [0.25, 0.3) is 0 Å². The van der Waals surface area contributed by atoms with E-state index in [1.54, 1.807) is 20.3 Å². The molecule has 126 valence electrons. The fraction of sp³-hybridized carbons (Fsp3) is 0.632. The van der Waals surface area contributed by atoms with Crippen LogP contribution >= 0.6 is 0 Å². The summed E-state index contributed by atoms with van der Waals surface area (Å²) in [5.74, 6) is 2.22. The number of rotatable bonds is 5. The maximum atomic E-state index is 13.2. The van der Waals surface area contributed by atoms with Crippen molar-refractivity contribution in [1.29, 1.82) is 0 Å². The summed E-state index contributed by atoms with van der Waals surface area (Å²) in [6, 6.07) is 6.28. The molecule has 2 saturated carbocycles. The van der Waals surface area contributed by atoms with Gasteiger partial charge in [-0.25, -0.2) is 0 Å². The van der Waals surface area contributed by atoms with Crippen molar-refractivity contribution in [3.63, 3.8) is 0 Å². The molecule has 1 amide bonds. The third kappa shape index (κ3) is 3.46. The summed E-state index contributed by atoms with van der Waals surface area (Å²) in [5, 5.41) is 0. The van der Waals surface area contributed by atoms with Crippen LogP contribution in [0, 0.1) is 5.92 Å². The molecule has 0 atom stereocenters. The Kier molecular flexibility index (Phi) is 4.79. The van der Waals surface area contributed by atoms with Gasteiger partial charge in [0.05, 0.1) is 19.8 Å². The minimum atomic E-state index is 0.117. The summed E-state index contributed by atoms with van der Waals surface area (Å²) in [6.07, 6.45) is 6.97. The number of nitrogens with zero attached hydrogens (tertiary/aromatic N) is 1. The first-order valence-electron chi connectivity index (χ1n) is 8.68. The molecule has 2 aliphatic rings. The Bertz CT molecular complexity index is 560. The third-order valence-corrected chi connectivity index (χ3v) is 5.19. The Morgan fingerprint density at radius 3 is 2.13 bits per heavy atom. The average molecular weight is 317 g/mol. The summed E-state index contributed by atoms with van der Waals surface area (Å²) >= 11 is 0. The Morgan fingerprint density at radius 1 is 1.00 bits per heavy atom. The zero-order chi connectivity index (χ0) is 16.4. The molecule has 3 rings (SSSR count).